The number of oxazole rings is 1. The smallest absolute Gasteiger partial charge is 0.271 e. The van der Waals surface area contributed by atoms with Crippen LogP contribution in [0.5, 0.6) is 0 Å². The zero-order valence-electron chi connectivity index (χ0n) is 16.5. The maximum atomic E-state index is 12.7. The number of benzene rings is 2. The van der Waals surface area contributed by atoms with Crippen molar-refractivity contribution < 1.29 is 17.6 Å². The molecule has 0 aliphatic carbocycles. The second-order valence-corrected chi connectivity index (χ2v) is 9.55. The van der Waals surface area contributed by atoms with Crippen LogP contribution in [-0.2, 0) is 21.2 Å². The Morgan fingerprint density at radius 2 is 1.71 bits per heavy atom. The van der Waals surface area contributed by atoms with Crippen molar-refractivity contribution in [3.05, 3.63) is 83.6 Å². The van der Waals surface area contributed by atoms with Crippen molar-refractivity contribution in [2.24, 2.45) is 0 Å². The molecule has 2 N–H and O–H groups in total. The fraction of sp³-hybridized carbons (Fsp3) is 0.0909. The van der Waals surface area contributed by atoms with Crippen LogP contribution in [0.25, 0.3) is 11.5 Å². The topological polar surface area (TPSA) is 101 Å². The quantitative estimate of drug-likeness (QED) is 0.423. The molecule has 2 aromatic heterocycles. The van der Waals surface area contributed by atoms with Crippen LogP contribution in [0.4, 0.5) is 11.4 Å². The lowest BCUT2D eigenvalue weighted by molar-refractivity contribution is -0.115. The zero-order valence-corrected chi connectivity index (χ0v) is 18.2. The normalized spacial score (nSPS) is 11.3. The van der Waals surface area contributed by atoms with Crippen molar-refractivity contribution in [1.29, 1.82) is 0 Å². The van der Waals surface area contributed by atoms with Gasteiger partial charge in [0.15, 0.2) is 0 Å². The molecule has 0 bridgehead atoms. The van der Waals surface area contributed by atoms with Crippen molar-refractivity contribution in [2.75, 3.05) is 10.0 Å². The van der Waals surface area contributed by atoms with E-state index in [4.69, 9.17) is 4.42 Å². The van der Waals surface area contributed by atoms with Crippen molar-refractivity contribution in [3.63, 3.8) is 0 Å². The van der Waals surface area contributed by atoms with E-state index in [9.17, 15) is 13.2 Å². The van der Waals surface area contributed by atoms with E-state index in [0.29, 0.717) is 23.0 Å². The SMILES string of the molecule is Cc1oc(-c2ccccc2)nc1CC(=O)Nc1ccccc1NS(=O)(=O)c1cccs1. The van der Waals surface area contributed by atoms with E-state index in [1.54, 1.807) is 42.6 Å². The number of thiophene rings is 1. The first-order valence-electron chi connectivity index (χ1n) is 9.39. The average molecular weight is 454 g/mol. The van der Waals surface area contributed by atoms with Crippen molar-refractivity contribution in [3.8, 4) is 11.5 Å². The number of para-hydroxylation sites is 2. The van der Waals surface area contributed by atoms with Crippen LogP contribution >= 0.6 is 11.3 Å². The minimum absolute atomic E-state index is 0.00578. The van der Waals surface area contributed by atoms with Crippen molar-refractivity contribution >= 4 is 38.6 Å². The van der Waals surface area contributed by atoms with Crippen LogP contribution in [-0.4, -0.2) is 19.3 Å². The number of sulfonamides is 1. The number of carbonyl (C=O) groups is 1. The van der Waals surface area contributed by atoms with Crippen molar-refractivity contribution in [2.45, 2.75) is 17.6 Å². The summed E-state index contributed by atoms with van der Waals surface area (Å²) in [6.07, 6.45) is -0.00578. The first kappa shape index (κ1) is 20.8. The van der Waals surface area contributed by atoms with Gasteiger partial charge < -0.3 is 9.73 Å². The number of nitrogens with zero attached hydrogens (tertiary/aromatic N) is 1. The highest BCUT2D eigenvalue weighted by Crippen LogP contribution is 2.27. The molecular weight excluding hydrogens is 434 g/mol. The van der Waals surface area contributed by atoms with E-state index in [1.165, 1.54) is 6.07 Å². The molecule has 2 aromatic carbocycles. The highest BCUT2D eigenvalue weighted by atomic mass is 32.2. The van der Waals surface area contributed by atoms with Gasteiger partial charge in [0.25, 0.3) is 10.0 Å². The Labute approximate surface area is 183 Å². The molecule has 0 saturated heterocycles. The standard InChI is InChI=1S/C22H19N3O4S2/c1-15-19(24-22(29-15)16-8-3-2-4-9-16)14-20(26)23-17-10-5-6-11-18(17)25-31(27,28)21-12-7-13-30-21/h2-13,25H,14H2,1H3,(H,23,26). The molecule has 9 heteroatoms. The maximum Gasteiger partial charge on any atom is 0.271 e. The fourth-order valence-electron chi connectivity index (χ4n) is 2.94. The van der Waals surface area contributed by atoms with Gasteiger partial charge in [0, 0.05) is 5.56 Å². The molecule has 0 spiro atoms. The summed E-state index contributed by atoms with van der Waals surface area (Å²) in [5.74, 6) is 0.671. The average Bonchev–Trinajstić information content (AvgIpc) is 3.41. The van der Waals surface area contributed by atoms with Gasteiger partial charge in [-0.15, -0.1) is 11.3 Å². The Balaban J connectivity index is 1.50. The van der Waals surface area contributed by atoms with Gasteiger partial charge in [0.1, 0.15) is 9.97 Å². The molecule has 0 radical (unpaired) electrons. The molecular formula is C22H19N3O4S2. The van der Waals surface area contributed by atoms with Gasteiger partial charge >= 0.3 is 0 Å². The second-order valence-electron chi connectivity index (χ2n) is 6.70. The molecule has 0 atom stereocenters. The molecule has 31 heavy (non-hydrogen) atoms. The summed E-state index contributed by atoms with van der Waals surface area (Å²) in [5, 5.41) is 4.45. The van der Waals surface area contributed by atoms with Gasteiger partial charge in [0.2, 0.25) is 11.8 Å². The molecule has 0 aliphatic rings. The molecule has 0 aliphatic heterocycles. The van der Waals surface area contributed by atoms with Crippen LogP contribution in [0.1, 0.15) is 11.5 Å². The predicted octanol–water partition coefficient (Wildman–Crippen LogP) is 4.69. The van der Waals surface area contributed by atoms with Crippen LogP contribution in [0.3, 0.4) is 0 Å². The first-order chi connectivity index (χ1) is 14.9. The number of aromatic nitrogens is 1. The summed E-state index contributed by atoms with van der Waals surface area (Å²) in [7, 11) is -3.73. The van der Waals surface area contributed by atoms with E-state index in [2.05, 4.69) is 15.0 Å². The third-order valence-corrected chi connectivity index (χ3v) is 7.21. The van der Waals surface area contributed by atoms with Gasteiger partial charge in [-0.05, 0) is 42.6 Å². The number of carbonyl (C=O) groups excluding carboxylic acids is 1. The van der Waals surface area contributed by atoms with Crippen LogP contribution < -0.4 is 10.0 Å². The van der Waals surface area contributed by atoms with Crippen LogP contribution in [0, 0.1) is 6.92 Å². The molecule has 4 aromatic rings. The van der Waals surface area contributed by atoms with Crippen molar-refractivity contribution in [1.82, 2.24) is 4.98 Å². The van der Waals surface area contributed by atoms with Crippen LogP contribution in [0.2, 0.25) is 0 Å². The molecule has 0 saturated carbocycles. The van der Waals surface area contributed by atoms with Gasteiger partial charge in [-0.2, -0.15) is 0 Å². The Kier molecular flexibility index (Phi) is 5.88. The van der Waals surface area contributed by atoms with E-state index in [1.807, 2.05) is 30.3 Å². The maximum absolute atomic E-state index is 12.7. The Morgan fingerprint density at radius 1 is 1.00 bits per heavy atom. The summed E-state index contributed by atoms with van der Waals surface area (Å²) in [5.41, 5.74) is 1.99. The summed E-state index contributed by atoms with van der Waals surface area (Å²) in [6, 6.07) is 19.2. The lowest BCUT2D eigenvalue weighted by Crippen LogP contribution is -2.18. The lowest BCUT2D eigenvalue weighted by Gasteiger charge is -2.12. The molecule has 7 nitrogen and oxygen atoms in total. The summed E-state index contributed by atoms with van der Waals surface area (Å²) in [4.78, 5) is 17.1. The molecule has 158 valence electrons. The fourth-order valence-corrected chi connectivity index (χ4v) is 5.01. The van der Waals surface area contributed by atoms with Gasteiger partial charge in [-0.1, -0.05) is 36.4 Å². The minimum atomic E-state index is -3.73. The highest BCUT2D eigenvalue weighted by molar-refractivity contribution is 7.94. The minimum Gasteiger partial charge on any atom is -0.441 e. The highest BCUT2D eigenvalue weighted by Gasteiger charge is 2.19. The Bertz CT molecular complexity index is 1300. The third kappa shape index (κ3) is 4.84. The molecule has 2 heterocycles. The van der Waals surface area contributed by atoms with Crippen LogP contribution in [0.15, 0.2) is 80.7 Å². The molecule has 0 fully saturated rings. The second kappa shape index (κ2) is 8.75. The number of aryl methyl sites for hydroxylation is 1. The van der Waals surface area contributed by atoms with E-state index < -0.39 is 10.0 Å². The van der Waals surface area contributed by atoms with E-state index >= 15 is 0 Å². The van der Waals surface area contributed by atoms with E-state index in [0.717, 1.165) is 16.9 Å². The number of hydrogen-bond acceptors (Lipinski definition) is 6. The largest absolute Gasteiger partial charge is 0.441 e. The number of rotatable bonds is 7. The van der Waals surface area contributed by atoms with Gasteiger partial charge in [-0.25, -0.2) is 13.4 Å². The molecule has 0 unspecified atom stereocenters. The predicted molar refractivity (Wildman–Crippen MR) is 121 cm³/mol. The first-order valence-corrected chi connectivity index (χ1v) is 11.8. The monoisotopic (exact) mass is 453 g/mol. The Morgan fingerprint density at radius 3 is 2.42 bits per heavy atom. The zero-order chi connectivity index (χ0) is 21.8. The van der Waals surface area contributed by atoms with Gasteiger partial charge in [0.05, 0.1) is 23.5 Å². The number of hydrogen-bond donors (Lipinski definition) is 2. The number of amides is 1. The molecule has 4 rings (SSSR count). The summed E-state index contributed by atoms with van der Waals surface area (Å²) >= 11 is 1.12. The summed E-state index contributed by atoms with van der Waals surface area (Å²) in [6.45, 7) is 1.76. The number of nitrogens with one attached hydrogen (secondary N) is 2. The van der Waals surface area contributed by atoms with Gasteiger partial charge in [-0.3, -0.25) is 9.52 Å². The third-order valence-electron chi connectivity index (χ3n) is 4.45. The molecule has 1 amide bonds. The number of anilines is 2. The van der Waals surface area contributed by atoms with E-state index in [-0.39, 0.29) is 22.2 Å². The lowest BCUT2D eigenvalue weighted by atomic mass is 10.2. The summed E-state index contributed by atoms with van der Waals surface area (Å²) < 4.78 is 33.5. The Hall–Kier alpha value is -3.43.